The average molecular weight is 271 g/mol. The third-order valence-corrected chi connectivity index (χ3v) is 4.10. The van der Waals surface area contributed by atoms with Crippen molar-refractivity contribution >= 4 is 11.3 Å². The molecular weight excluding hydrogens is 246 g/mol. The minimum Gasteiger partial charge on any atom is -0.390 e. The van der Waals surface area contributed by atoms with Crippen LogP contribution in [0.5, 0.6) is 0 Å². The monoisotopic (exact) mass is 271 g/mol. The number of aryl methyl sites for hydroxylation is 2. The number of rotatable bonds is 5. The van der Waals surface area contributed by atoms with E-state index >= 15 is 0 Å². The quantitative estimate of drug-likeness (QED) is 0.894. The summed E-state index contributed by atoms with van der Waals surface area (Å²) in [6, 6.07) is 0. The van der Waals surface area contributed by atoms with Crippen molar-refractivity contribution in [2.24, 2.45) is 5.41 Å². The number of aliphatic hydroxyl groups excluding tert-OH is 1. The summed E-state index contributed by atoms with van der Waals surface area (Å²) in [5.41, 5.74) is 0.988. The van der Waals surface area contributed by atoms with Crippen molar-refractivity contribution in [1.82, 2.24) is 4.98 Å². The molecule has 0 bridgehead atoms. The van der Waals surface area contributed by atoms with Crippen LogP contribution in [0.15, 0.2) is 0 Å². The molecule has 1 aromatic heterocycles. The van der Waals surface area contributed by atoms with Gasteiger partial charge in [-0.3, -0.25) is 0 Å². The normalized spacial score (nSPS) is 15.7. The van der Waals surface area contributed by atoms with E-state index in [1.54, 1.807) is 11.3 Å². The van der Waals surface area contributed by atoms with Crippen LogP contribution in [0.3, 0.4) is 0 Å². The van der Waals surface area contributed by atoms with E-state index in [4.69, 9.17) is 4.74 Å². The predicted molar refractivity (Wildman–Crippen MR) is 76.2 cm³/mol. The molecule has 1 rings (SSSR count). The molecular formula is C14H25NO2S. The van der Waals surface area contributed by atoms with E-state index < -0.39 is 6.10 Å². The van der Waals surface area contributed by atoms with Gasteiger partial charge in [-0.05, 0) is 26.2 Å². The lowest BCUT2D eigenvalue weighted by Gasteiger charge is -2.33. The molecule has 0 amide bonds. The Morgan fingerprint density at radius 1 is 1.33 bits per heavy atom. The van der Waals surface area contributed by atoms with Gasteiger partial charge < -0.3 is 9.84 Å². The molecule has 2 atom stereocenters. The first-order valence-corrected chi connectivity index (χ1v) is 7.30. The zero-order valence-electron chi connectivity index (χ0n) is 12.3. The van der Waals surface area contributed by atoms with Crippen LogP contribution >= 0.6 is 11.3 Å². The minimum atomic E-state index is -0.505. The first-order chi connectivity index (χ1) is 8.25. The van der Waals surface area contributed by atoms with Crippen LogP contribution in [0.2, 0.25) is 0 Å². The van der Waals surface area contributed by atoms with Crippen LogP contribution in [0, 0.1) is 19.3 Å². The van der Waals surface area contributed by atoms with Gasteiger partial charge in [0, 0.05) is 17.9 Å². The van der Waals surface area contributed by atoms with Crippen molar-refractivity contribution in [3.8, 4) is 0 Å². The Bertz CT molecular complexity index is 362. The van der Waals surface area contributed by atoms with E-state index in [0.717, 1.165) is 10.7 Å². The smallest absolute Gasteiger partial charge is 0.0957 e. The number of hydrogen-bond donors (Lipinski definition) is 1. The molecule has 1 N–H and O–H groups in total. The van der Waals surface area contributed by atoms with E-state index in [2.05, 4.69) is 32.7 Å². The molecule has 1 aromatic rings. The summed E-state index contributed by atoms with van der Waals surface area (Å²) in [5, 5.41) is 11.4. The SMILES string of the molecule is CCOC(C(O)Cc1nc(C)c(C)s1)C(C)(C)C. The van der Waals surface area contributed by atoms with Gasteiger partial charge in [-0.15, -0.1) is 11.3 Å². The first kappa shape index (κ1) is 15.6. The van der Waals surface area contributed by atoms with Gasteiger partial charge in [0.2, 0.25) is 0 Å². The van der Waals surface area contributed by atoms with Crippen molar-refractivity contribution in [3.63, 3.8) is 0 Å². The number of aromatic nitrogens is 1. The van der Waals surface area contributed by atoms with Crippen molar-refractivity contribution in [1.29, 1.82) is 0 Å². The number of hydrogen-bond acceptors (Lipinski definition) is 4. The van der Waals surface area contributed by atoms with Crippen LogP contribution in [0.25, 0.3) is 0 Å². The Kier molecular flexibility index (Phi) is 5.32. The van der Waals surface area contributed by atoms with Gasteiger partial charge in [-0.25, -0.2) is 4.98 Å². The maximum Gasteiger partial charge on any atom is 0.0957 e. The fourth-order valence-electron chi connectivity index (χ4n) is 2.03. The van der Waals surface area contributed by atoms with Crippen molar-refractivity contribution in [2.45, 2.75) is 60.2 Å². The second-order valence-corrected chi connectivity index (χ2v) is 7.05. The standard InChI is InChI=1S/C14H25NO2S/c1-7-17-13(14(4,5)6)11(16)8-12-15-9(2)10(3)18-12/h11,13,16H,7-8H2,1-6H3. The Morgan fingerprint density at radius 2 is 1.94 bits per heavy atom. The van der Waals surface area contributed by atoms with E-state index in [1.807, 2.05) is 13.8 Å². The fourth-order valence-corrected chi connectivity index (χ4v) is 3.01. The molecule has 0 aliphatic carbocycles. The predicted octanol–water partition coefficient (Wildman–Crippen LogP) is 3.11. The van der Waals surface area contributed by atoms with Gasteiger partial charge in [0.1, 0.15) is 0 Å². The highest BCUT2D eigenvalue weighted by Gasteiger charge is 2.32. The van der Waals surface area contributed by atoms with E-state index in [-0.39, 0.29) is 11.5 Å². The van der Waals surface area contributed by atoms with E-state index in [0.29, 0.717) is 13.0 Å². The topological polar surface area (TPSA) is 42.4 Å². The number of thiazole rings is 1. The van der Waals surface area contributed by atoms with Crippen LogP contribution in [-0.4, -0.2) is 28.9 Å². The largest absolute Gasteiger partial charge is 0.390 e. The molecule has 0 saturated heterocycles. The Hall–Kier alpha value is -0.450. The maximum atomic E-state index is 10.4. The molecule has 0 fully saturated rings. The number of aliphatic hydroxyl groups is 1. The highest BCUT2D eigenvalue weighted by atomic mass is 32.1. The number of nitrogens with zero attached hydrogens (tertiary/aromatic N) is 1. The Balaban J connectivity index is 2.75. The highest BCUT2D eigenvalue weighted by molar-refractivity contribution is 7.11. The summed E-state index contributed by atoms with van der Waals surface area (Å²) in [4.78, 5) is 5.70. The molecule has 0 aliphatic heterocycles. The second kappa shape index (κ2) is 6.13. The summed E-state index contributed by atoms with van der Waals surface area (Å²) >= 11 is 1.66. The molecule has 18 heavy (non-hydrogen) atoms. The molecule has 104 valence electrons. The lowest BCUT2D eigenvalue weighted by atomic mass is 9.84. The summed E-state index contributed by atoms with van der Waals surface area (Å²) in [6.45, 7) is 12.9. The molecule has 3 nitrogen and oxygen atoms in total. The van der Waals surface area contributed by atoms with Crippen molar-refractivity contribution < 1.29 is 9.84 Å². The second-order valence-electron chi connectivity index (χ2n) is 5.76. The van der Waals surface area contributed by atoms with Gasteiger partial charge in [0.25, 0.3) is 0 Å². The third kappa shape index (κ3) is 4.04. The Morgan fingerprint density at radius 3 is 2.33 bits per heavy atom. The van der Waals surface area contributed by atoms with Crippen LogP contribution < -0.4 is 0 Å². The molecule has 0 spiro atoms. The zero-order valence-corrected chi connectivity index (χ0v) is 13.1. The van der Waals surface area contributed by atoms with Crippen molar-refractivity contribution in [3.05, 3.63) is 15.6 Å². The van der Waals surface area contributed by atoms with Gasteiger partial charge >= 0.3 is 0 Å². The molecule has 1 heterocycles. The van der Waals surface area contributed by atoms with E-state index in [9.17, 15) is 5.11 Å². The minimum absolute atomic E-state index is 0.0726. The summed E-state index contributed by atoms with van der Waals surface area (Å²) < 4.78 is 5.70. The molecule has 0 radical (unpaired) electrons. The average Bonchev–Trinajstić information content (AvgIpc) is 2.52. The fraction of sp³-hybridized carbons (Fsp3) is 0.786. The summed E-state index contributed by atoms with van der Waals surface area (Å²) in [5.74, 6) is 0. The maximum absolute atomic E-state index is 10.4. The van der Waals surface area contributed by atoms with Crippen LogP contribution in [0.1, 0.15) is 43.3 Å². The summed E-state index contributed by atoms with van der Waals surface area (Å²) in [6.07, 6.45) is -0.0942. The zero-order chi connectivity index (χ0) is 13.9. The molecule has 2 unspecified atom stereocenters. The van der Waals surface area contributed by atoms with Gasteiger partial charge in [0.15, 0.2) is 0 Å². The van der Waals surface area contributed by atoms with Gasteiger partial charge in [0.05, 0.1) is 22.9 Å². The molecule has 0 aromatic carbocycles. The lowest BCUT2D eigenvalue weighted by Crippen LogP contribution is -2.41. The molecule has 4 heteroatoms. The van der Waals surface area contributed by atoms with Gasteiger partial charge in [-0.2, -0.15) is 0 Å². The Labute approximate surface area is 114 Å². The lowest BCUT2D eigenvalue weighted by molar-refractivity contribution is -0.0873. The van der Waals surface area contributed by atoms with Gasteiger partial charge in [-0.1, -0.05) is 20.8 Å². The third-order valence-electron chi connectivity index (χ3n) is 3.01. The first-order valence-electron chi connectivity index (χ1n) is 6.48. The molecule has 0 saturated carbocycles. The molecule has 0 aliphatic rings. The highest BCUT2D eigenvalue weighted by Crippen LogP contribution is 2.28. The van der Waals surface area contributed by atoms with E-state index in [1.165, 1.54) is 4.88 Å². The number of ether oxygens (including phenoxy) is 1. The van der Waals surface area contributed by atoms with Crippen molar-refractivity contribution in [2.75, 3.05) is 6.61 Å². The van der Waals surface area contributed by atoms with Crippen LogP contribution in [0.4, 0.5) is 0 Å². The van der Waals surface area contributed by atoms with Crippen LogP contribution in [-0.2, 0) is 11.2 Å². The summed E-state index contributed by atoms with van der Waals surface area (Å²) in [7, 11) is 0.